The molecular weight excluding hydrogens is 431 g/mol. The molecular formula is C26H29FN6O. The van der Waals surface area contributed by atoms with E-state index in [2.05, 4.69) is 31.6 Å². The van der Waals surface area contributed by atoms with Crippen molar-refractivity contribution in [3.8, 4) is 0 Å². The summed E-state index contributed by atoms with van der Waals surface area (Å²) in [5.74, 6) is 0.123. The van der Waals surface area contributed by atoms with Crippen molar-refractivity contribution in [2.75, 3.05) is 29.9 Å². The standard InChI is InChI=1S/C26H29FN6O/c1-15-9-21-23(32-8-7-18(13-32)28-11-17-3-4-17)6-5-20(24(21)29-15)26(34)31-19-10-22(27)25-30-16(2)12-33(25)14-19/h5-6,9-10,12,14,17-18,28-29H,3-4,7-8,11,13H2,1-2H3,(H,31,34)/t18-/m1/s1. The second-order valence-electron chi connectivity index (χ2n) is 9.80. The van der Waals surface area contributed by atoms with Crippen molar-refractivity contribution in [1.29, 1.82) is 0 Å². The number of hydrogen-bond acceptors (Lipinski definition) is 4. The van der Waals surface area contributed by atoms with Gasteiger partial charge in [0.05, 0.1) is 22.5 Å². The number of rotatable bonds is 6. The number of halogens is 1. The number of fused-ring (bicyclic) bond motifs is 2. The van der Waals surface area contributed by atoms with Gasteiger partial charge in [0.1, 0.15) is 0 Å². The largest absolute Gasteiger partial charge is 0.369 e. The molecule has 34 heavy (non-hydrogen) atoms. The van der Waals surface area contributed by atoms with Gasteiger partial charge in [-0.15, -0.1) is 0 Å². The van der Waals surface area contributed by atoms with Crippen molar-refractivity contribution >= 4 is 33.8 Å². The number of amides is 1. The third-order valence-corrected chi connectivity index (χ3v) is 6.96. The number of carbonyl (C=O) groups is 1. The fourth-order valence-corrected chi connectivity index (χ4v) is 5.05. The molecule has 1 aromatic carbocycles. The quantitative estimate of drug-likeness (QED) is 0.399. The summed E-state index contributed by atoms with van der Waals surface area (Å²) < 4.78 is 16.1. The Balaban J connectivity index is 1.26. The zero-order valence-corrected chi connectivity index (χ0v) is 19.5. The van der Waals surface area contributed by atoms with Gasteiger partial charge in [-0.3, -0.25) is 4.79 Å². The molecule has 2 aliphatic rings. The first-order chi connectivity index (χ1) is 16.4. The van der Waals surface area contributed by atoms with E-state index in [1.165, 1.54) is 18.9 Å². The Morgan fingerprint density at radius 3 is 2.88 bits per heavy atom. The van der Waals surface area contributed by atoms with E-state index in [1.807, 2.05) is 26.0 Å². The lowest BCUT2D eigenvalue weighted by molar-refractivity contribution is 0.102. The van der Waals surface area contributed by atoms with Crippen LogP contribution in [0.1, 0.15) is 41.0 Å². The van der Waals surface area contributed by atoms with Gasteiger partial charge in [-0.1, -0.05) is 0 Å². The second kappa shape index (κ2) is 8.13. The minimum Gasteiger partial charge on any atom is -0.369 e. The number of carbonyl (C=O) groups excluding carboxylic acids is 1. The molecule has 0 radical (unpaired) electrons. The molecule has 2 fully saturated rings. The van der Waals surface area contributed by atoms with Gasteiger partial charge in [0, 0.05) is 54.4 Å². The van der Waals surface area contributed by atoms with Gasteiger partial charge in [-0.2, -0.15) is 0 Å². The number of nitrogens with one attached hydrogen (secondary N) is 3. The Hall–Kier alpha value is -3.39. The molecule has 1 amide bonds. The smallest absolute Gasteiger partial charge is 0.257 e. The molecule has 4 heterocycles. The van der Waals surface area contributed by atoms with Crippen LogP contribution < -0.4 is 15.5 Å². The highest BCUT2D eigenvalue weighted by Crippen LogP contribution is 2.33. The van der Waals surface area contributed by atoms with E-state index in [1.54, 1.807) is 16.8 Å². The van der Waals surface area contributed by atoms with Crippen LogP contribution in [0.3, 0.4) is 0 Å². The molecule has 1 saturated heterocycles. The summed E-state index contributed by atoms with van der Waals surface area (Å²) in [6.45, 7) is 6.90. The van der Waals surface area contributed by atoms with Crippen molar-refractivity contribution in [2.24, 2.45) is 5.92 Å². The van der Waals surface area contributed by atoms with Gasteiger partial charge < -0.3 is 24.9 Å². The van der Waals surface area contributed by atoms with E-state index >= 15 is 0 Å². The summed E-state index contributed by atoms with van der Waals surface area (Å²) in [6, 6.07) is 7.83. The highest BCUT2D eigenvalue weighted by atomic mass is 19.1. The zero-order valence-electron chi connectivity index (χ0n) is 19.5. The molecule has 3 aromatic heterocycles. The fourth-order valence-electron chi connectivity index (χ4n) is 5.05. The lowest BCUT2D eigenvalue weighted by Crippen LogP contribution is -2.33. The SMILES string of the molecule is Cc1cn2cc(NC(=O)c3ccc(N4CC[C@@H](NCC5CC5)C4)c4cc(C)[nH]c34)cc(F)c2n1. The second-order valence-corrected chi connectivity index (χ2v) is 9.80. The predicted molar refractivity (Wildman–Crippen MR) is 132 cm³/mol. The molecule has 7 nitrogen and oxygen atoms in total. The van der Waals surface area contributed by atoms with Gasteiger partial charge >= 0.3 is 0 Å². The number of H-pyrrole nitrogens is 1. The van der Waals surface area contributed by atoms with E-state index in [4.69, 9.17) is 0 Å². The number of nitrogens with zero attached hydrogens (tertiary/aromatic N) is 3. The number of benzene rings is 1. The lowest BCUT2D eigenvalue weighted by atomic mass is 10.1. The monoisotopic (exact) mass is 460 g/mol. The van der Waals surface area contributed by atoms with E-state index in [0.717, 1.165) is 54.3 Å². The predicted octanol–water partition coefficient (Wildman–Crippen LogP) is 4.40. The van der Waals surface area contributed by atoms with Crippen molar-refractivity contribution in [1.82, 2.24) is 19.7 Å². The van der Waals surface area contributed by atoms with Crippen LogP contribution in [-0.4, -0.2) is 46.0 Å². The normalized spacial score (nSPS) is 18.3. The number of anilines is 2. The van der Waals surface area contributed by atoms with Crippen molar-refractivity contribution in [3.63, 3.8) is 0 Å². The molecule has 3 N–H and O–H groups in total. The van der Waals surface area contributed by atoms with Crippen molar-refractivity contribution in [2.45, 2.75) is 39.2 Å². The number of hydrogen-bond donors (Lipinski definition) is 3. The first-order valence-corrected chi connectivity index (χ1v) is 12.0. The maximum absolute atomic E-state index is 14.5. The average Bonchev–Trinajstić information content (AvgIpc) is 3.16. The Labute approximate surface area is 197 Å². The van der Waals surface area contributed by atoms with Gasteiger partial charge in [-0.05, 0) is 63.8 Å². The number of aromatic amines is 1. The summed E-state index contributed by atoms with van der Waals surface area (Å²) >= 11 is 0. The van der Waals surface area contributed by atoms with Crippen LogP contribution >= 0.6 is 0 Å². The molecule has 0 unspecified atom stereocenters. The average molecular weight is 461 g/mol. The van der Waals surface area contributed by atoms with Gasteiger partial charge in [0.2, 0.25) is 0 Å². The molecule has 4 aromatic rings. The maximum atomic E-state index is 14.5. The summed E-state index contributed by atoms with van der Waals surface area (Å²) in [5.41, 5.74) is 4.84. The molecule has 176 valence electrons. The van der Waals surface area contributed by atoms with E-state index in [9.17, 15) is 9.18 Å². The molecule has 1 aliphatic heterocycles. The highest BCUT2D eigenvalue weighted by Gasteiger charge is 2.28. The molecule has 1 atom stereocenters. The Morgan fingerprint density at radius 2 is 2.06 bits per heavy atom. The summed E-state index contributed by atoms with van der Waals surface area (Å²) in [5, 5.41) is 7.62. The van der Waals surface area contributed by atoms with Gasteiger partial charge in [0.15, 0.2) is 11.5 Å². The van der Waals surface area contributed by atoms with Gasteiger partial charge in [0.25, 0.3) is 5.91 Å². The first-order valence-electron chi connectivity index (χ1n) is 12.0. The van der Waals surface area contributed by atoms with E-state index in [0.29, 0.717) is 23.0 Å². The van der Waals surface area contributed by atoms with E-state index < -0.39 is 5.82 Å². The van der Waals surface area contributed by atoms with Crippen molar-refractivity contribution < 1.29 is 9.18 Å². The fraction of sp³-hybridized carbons (Fsp3) is 0.385. The third-order valence-electron chi connectivity index (χ3n) is 6.96. The van der Waals surface area contributed by atoms with Gasteiger partial charge in [-0.25, -0.2) is 9.37 Å². The molecule has 1 aliphatic carbocycles. The molecule has 1 saturated carbocycles. The summed E-state index contributed by atoms with van der Waals surface area (Å²) in [4.78, 5) is 23.2. The lowest BCUT2D eigenvalue weighted by Gasteiger charge is -2.21. The van der Waals surface area contributed by atoms with Crippen molar-refractivity contribution in [3.05, 3.63) is 59.4 Å². The van der Waals surface area contributed by atoms with Crippen LogP contribution in [0.2, 0.25) is 0 Å². The van der Waals surface area contributed by atoms with Crippen LogP contribution in [-0.2, 0) is 0 Å². The maximum Gasteiger partial charge on any atom is 0.257 e. The number of aryl methyl sites for hydroxylation is 2. The molecule has 8 heteroatoms. The minimum atomic E-state index is -0.471. The van der Waals surface area contributed by atoms with Crippen LogP contribution in [0.25, 0.3) is 16.6 Å². The highest BCUT2D eigenvalue weighted by molar-refractivity contribution is 6.14. The Morgan fingerprint density at radius 1 is 1.21 bits per heavy atom. The zero-order chi connectivity index (χ0) is 23.4. The summed E-state index contributed by atoms with van der Waals surface area (Å²) in [6.07, 6.45) is 7.26. The topological polar surface area (TPSA) is 77.5 Å². The Bertz CT molecular complexity index is 1400. The minimum absolute atomic E-state index is 0.248. The van der Waals surface area contributed by atoms with Crippen LogP contribution in [0.5, 0.6) is 0 Å². The Kier molecular flexibility index (Phi) is 5.06. The summed E-state index contributed by atoms with van der Waals surface area (Å²) in [7, 11) is 0. The van der Waals surface area contributed by atoms with E-state index in [-0.39, 0.29) is 11.6 Å². The first kappa shape index (κ1) is 21.2. The van der Waals surface area contributed by atoms with Crippen LogP contribution in [0.15, 0.2) is 36.7 Å². The van der Waals surface area contributed by atoms with Crippen LogP contribution in [0.4, 0.5) is 15.8 Å². The van der Waals surface area contributed by atoms with Crippen LogP contribution in [0, 0.1) is 25.6 Å². The third kappa shape index (κ3) is 3.92. The molecule has 0 bridgehead atoms. The number of pyridine rings is 1. The number of imidazole rings is 1. The molecule has 6 rings (SSSR count). The number of aromatic nitrogens is 3. The molecule has 0 spiro atoms.